The van der Waals surface area contributed by atoms with Gasteiger partial charge in [-0.15, -0.1) is 10.2 Å². The topological polar surface area (TPSA) is 42.0 Å². The number of hydrogen-bond acceptors (Lipinski definition) is 4. The predicted octanol–water partition coefficient (Wildman–Crippen LogP) is 10.5. The Morgan fingerprint density at radius 3 is 1.89 bits per heavy atom. The Kier molecular flexibility index (Phi) is 7.56. The van der Waals surface area contributed by atoms with Gasteiger partial charge in [-0.3, -0.25) is 4.57 Å². The number of thiazole rings is 1. The Bertz CT molecular complexity index is 1590. The first-order chi connectivity index (χ1) is 17.5. The van der Waals surface area contributed by atoms with Crippen molar-refractivity contribution in [2.45, 2.75) is 0 Å². The molecule has 9 heteroatoms. The second-order valence-corrected chi connectivity index (χ2v) is 10.2. The number of hydrogen-bond donors (Lipinski definition) is 0. The Balaban J connectivity index is 1.77. The van der Waals surface area contributed by atoms with E-state index in [9.17, 15) is 0 Å². The lowest BCUT2D eigenvalue weighted by atomic mass is 10.1. The fraction of sp³-hybridized carbons (Fsp3) is 0. The van der Waals surface area contributed by atoms with Crippen LogP contribution < -0.4 is 4.80 Å². The summed E-state index contributed by atoms with van der Waals surface area (Å²) in [6, 6.07) is 30.6. The molecule has 5 aromatic rings. The second-order valence-electron chi connectivity index (χ2n) is 7.59. The van der Waals surface area contributed by atoms with Gasteiger partial charge in [0, 0.05) is 16.3 Å². The maximum absolute atomic E-state index is 6.20. The summed E-state index contributed by atoms with van der Waals surface area (Å²) in [5.41, 5.74) is 3.98. The summed E-state index contributed by atoms with van der Waals surface area (Å²) in [6.45, 7) is 0. The van der Waals surface area contributed by atoms with Crippen LogP contribution in [0.5, 0.6) is 0 Å². The van der Waals surface area contributed by atoms with Crippen molar-refractivity contribution >= 4 is 74.1 Å². The third-order valence-corrected chi connectivity index (χ3v) is 7.52. The zero-order valence-electron chi connectivity index (χ0n) is 18.4. The monoisotopic (exact) mass is 568 g/mol. The molecule has 178 valence electrons. The Hall–Kier alpha value is -2.93. The van der Waals surface area contributed by atoms with E-state index in [-0.39, 0.29) is 5.02 Å². The molecular weight excluding hydrogens is 554 g/mol. The molecule has 0 bridgehead atoms. The van der Waals surface area contributed by atoms with Gasteiger partial charge in [0.2, 0.25) is 0 Å². The van der Waals surface area contributed by atoms with E-state index in [1.165, 1.54) is 11.3 Å². The van der Waals surface area contributed by atoms with Crippen LogP contribution in [0.4, 0.5) is 16.4 Å². The molecule has 1 aromatic heterocycles. The maximum Gasteiger partial charge on any atom is 0.197 e. The lowest BCUT2D eigenvalue weighted by molar-refractivity contribution is 1.01. The molecule has 36 heavy (non-hydrogen) atoms. The van der Waals surface area contributed by atoms with E-state index in [2.05, 4.69) is 14.8 Å². The molecular formula is C27H16Cl4N4S. The number of aromatic nitrogens is 1. The van der Waals surface area contributed by atoms with Crippen LogP contribution in [0.1, 0.15) is 0 Å². The van der Waals surface area contributed by atoms with E-state index in [4.69, 9.17) is 51.4 Å². The smallest absolute Gasteiger partial charge is 0.197 e. The molecule has 0 unspecified atom stereocenters. The van der Waals surface area contributed by atoms with E-state index in [1.807, 2.05) is 84.9 Å². The number of rotatable bonds is 5. The van der Waals surface area contributed by atoms with Gasteiger partial charge in [-0.1, -0.05) is 106 Å². The third kappa shape index (κ3) is 5.41. The van der Waals surface area contributed by atoms with E-state index < -0.39 is 0 Å². The molecule has 4 nitrogen and oxygen atoms in total. The van der Waals surface area contributed by atoms with Crippen LogP contribution >= 0.6 is 57.7 Å². The molecule has 0 aliphatic carbocycles. The average Bonchev–Trinajstić information content (AvgIpc) is 3.25. The van der Waals surface area contributed by atoms with Crippen molar-refractivity contribution in [1.82, 2.24) is 4.57 Å². The van der Waals surface area contributed by atoms with Crippen LogP contribution in [0.15, 0.2) is 112 Å². The molecule has 0 aliphatic rings. The Morgan fingerprint density at radius 1 is 0.639 bits per heavy atom. The number of benzene rings is 4. The first kappa shape index (κ1) is 24.8. The average molecular weight is 570 g/mol. The fourth-order valence-corrected chi connectivity index (χ4v) is 5.22. The van der Waals surface area contributed by atoms with Crippen molar-refractivity contribution in [3.8, 4) is 16.9 Å². The lowest BCUT2D eigenvalue weighted by Crippen LogP contribution is -2.13. The largest absolute Gasteiger partial charge is 0.283 e. The normalized spacial score (nSPS) is 11.9. The highest BCUT2D eigenvalue weighted by molar-refractivity contribution is 7.13. The van der Waals surface area contributed by atoms with Crippen LogP contribution in [-0.4, -0.2) is 4.57 Å². The summed E-state index contributed by atoms with van der Waals surface area (Å²) in [5, 5.41) is 11.2. The van der Waals surface area contributed by atoms with Gasteiger partial charge in [0.15, 0.2) is 9.80 Å². The molecule has 0 aliphatic heterocycles. The van der Waals surface area contributed by atoms with Crippen molar-refractivity contribution in [3.63, 3.8) is 0 Å². The van der Waals surface area contributed by atoms with E-state index in [0.29, 0.717) is 25.8 Å². The van der Waals surface area contributed by atoms with Gasteiger partial charge >= 0.3 is 0 Å². The van der Waals surface area contributed by atoms with Crippen molar-refractivity contribution < 1.29 is 0 Å². The van der Waals surface area contributed by atoms with Gasteiger partial charge in [0.05, 0.1) is 32.1 Å². The summed E-state index contributed by atoms with van der Waals surface area (Å²) in [6.07, 6.45) is 0. The molecule has 0 saturated heterocycles. The van der Waals surface area contributed by atoms with Gasteiger partial charge in [-0.2, -0.15) is 0 Å². The van der Waals surface area contributed by atoms with Crippen molar-refractivity contribution in [1.29, 1.82) is 0 Å². The van der Waals surface area contributed by atoms with Crippen molar-refractivity contribution in [3.05, 3.63) is 122 Å². The molecule has 0 N–H and O–H groups in total. The van der Waals surface area contributed by atoms with Gasteiger partial charge < -0.3 is 0 Å². The second kappa shape index (κ2) is 11.0. The highest BCUT2D eigenvalue weighted by Crippen LogP contribution is 2.39. The highest BCUT2D eigenvalue weighted by atomic mass is 35.5. The zero-order valence-corrected chi connectivity index (χ0v) is 22.3. The van der Waals surface area contributed by atoms with Crippen molar-refractivity contribution in [2.24, 2.45) is 15.2 Å². The molecule has 5 rings (SSSR count). The number of nitrogens with zero attached hydrogens (tertiary/aromatic N) is 4. The molecule has 4 aromatic carbocycles. The standard InChI is InChI=1S/C27H16Cl4N4S/c28-18-13-11-17(12-14-18)25-26(34-33-20-15-22(29)24(31)23(30)16-20)36-27(32-19-7-3-1-4-8-19)35(25)21-9-5-2-6-10-21/h1-16H. The van der Waals surface area contributed by atoms with Gasteiger partial charge in [0.1, 0.15) is 0 Å². The zero-order chi connectivity index (χ0) is 25.1. The minimum Gasteiger partial charge on any atom is -0.283 e. The molecule has 1 heterocycles. The summed E-state index contributed by atoms with van der Waals surface area (Å²) < 4.78 is 2.07. The molecule has 0 radical (unpaired) electrons. The molecule has 0 spiro atoms. The number of halogens is 4. The Morgan fingerprint density at radius 2 is 1.25 bits per heavy atom. The minimum atomic E-state index is 0.279. The third-order valence-electron chi connectivity index (χ3n) is 5.14. The Labute approximate surface area is 231 Å². The molecule has 0 fully saturated rings. The summed E-state index contributed by atoms with van der Waals surface area (Å²) in [5.74, 6) is 0. The summed E-state index contributed by atoms with van der Waals surface area (Å²) in [7, 11) is 0. The van der Waals surface area contributed by atoms with Crippen LogP contribution in [0.3, 0.4) is 0 Å². The quantitative estimate of drug-likeness (QED) is 0.149. The van der Waals surface area contributed by atoms with E-state index in [1.54, 1.807) is 12.1 Å². The first-order valence-corrected chi connectivity index (χ1v) is 13.1. The molecule has 0 saturated carbocycles. The fourth-order valence-electron chi connectivity index (χ4n) is 3.51. The first-order valence-electron chi connectivity index (χ1n) is 10.7. The van der Waals surface area contributed by atoms with Crippen LogP contribution in [-0.2, 0) is 0 Å². The summed E-state index contributed by atoms with van der Waals surface area (Å²) >= 11 is 26.1. The van der Waals surface area contributed by atoms with Crippen molar-refractivity contribution in [2.75, 3.05) is 0 Å². The van der Waals surface area contributed by atoms with Crippen LogP contribution in [0.2, 0.25) is 20.1 Å². The lowest BCUT2D eigenvalue weighted by Gasteiger charge is -2.10. The highest BCUT2D eigenvalue weighted by Gasteiger charge is 2.18. The molecule has 0 amide bonds. The number of azo groups is 1. The van der Waals surface area contributed by atoms with Crippen LogP contribution in [0, 0.1) is 0 Å². The predicted molar refractivity (Wildman–Crippen MR) is 151 cm³/mol. The number of para-hydroxylation sites is 2. The van der Waals surface area contributed by atoms with Gasteiger partial charge in [-0.25, -0.2) is 4.99 Å². The SMILES string of the molecule is Clc1ccc(-c2c(N=Nc3cc(Cl)c(Cl)c(Cl)c3)sc(=Nc3ccccc3)n2-c2ccccc2)cc1. The summed E-state index contributed by atoms with van der Waals surface area (Å²) in [4.78, 5) is 5.67. The van der Waals surface area contributed by atoms with E-state index >= 15 is 0 Å². The van der Waals surface area contributed by atoms with Gasteiger partial charge in [-0.05, 0) is 48.5 Å². The van der Waals surface area contributed by atoms with Gasteiger partial charge in [0.25, 0.3) is 0 Å². The minimum absolute atomic E-state index is 0.279. The van der Waals surface area contributed by atoms with E-state index in [0.717, 1.165) is 27.4 Å². The van der Waals surface area contributed by atoms with Crippen LogP contribution in [0.25, 0.3) is 16.9 Å². The maximum atomic E-state index is 6.20. The molecule has 0 atom stereocenters.